The Kier molecular flexibility index (Phi) is 3.29. The fraction of sp³-hybridized carbons (Fsp3) is 0.286. The molecule has 1 aromatic heterocycles. The van der Waals surface area contributed by atoms with Crippen molar-refractivity contribution in [3.63, 3.8) is 0 Å². The number of nitrogen functional groups attached to an aromatic ring is 1. The Hall–Kier alpha value is -2.30. The molecule has 0 fully saturated rings. The Bertz CT molecular complexity index is 644. The molecule has 0 aliphatic heterocycles. The summed E-state index contributed by atoms with van der Waals surface area (Å²) in [5.41, 5.74) is 10.2. The Morgan fingerprint density at radius 3 is 2.47 bits per heavy atom. The van der Waals surface area contributed by atoms with Crippen LogP contribution in [0.3, 0.4) is 0 Å². The first-order chi connectivity index (χ1) is 8.95. The predicted molar refractivity (Wildman–Crippen MR) is 73.9 cm³/mol. The molecule has 0 aliphatic carbocycles. The normalized spacial score (nSPS) is 10.5. The molecule has 2 aromatic rings. The largest absolute Gasteiger partial charge is 0.465 e. The van der Waals surface area contributed by atoms with Crippen molar-refractivity contribution in [2.45, 2.75) is 13.8 Å². The zero-order valence-corrected chi connectivity index (χ0v) is 11.5. The van der Waals surface area contributed by atoms with Gasteiger partial charge in [0.25, 0.3) is 0 Å². The van der Waals surface area contributed by atoms with Crippen LogP contribution in [-0.4, -0.2) is 22.9 Å². The van der Waals surface area contributed by atoms with Crippen LogP contribution in [-0.2, 0) is 11.8 Å². The topological polar surface area (TPSA) is 70.1 Å². The van der Waals surface area contributed by atoms with Crippen molar-refractivity contribution in [1.29, 1.82) is 0 Å². The number of carbonyl (C=O) groups is 1. The molecule has 0 spiro atoms. The zero-order chi connectivity index (χ0) is 14.2. The molecule has 100 valence electrons. The fourth-order valence-corrected chi connectivity index (χ4v) is 2.13. The second kappa shape index (κ2) is 4.76. The van der Waals surface area contributed by atoms with Gasteiger partial charge in [0, 0.05) is 12.6 Å². The summed E-state index contributed by atoms with van der Waals surface area (Å²) in [6, 6.07) is 3.76. The summed E-state index contributed by atoms with van der Waals surface area (Å²) < 4.78 is 6.40. The van der Waals surface area contributed by atoms with Crippen molar-refractivity contribution in [3.05, 3.63) is 35.0 Å². The minimum absolute atomic E-state index is 0.346. The lowest BCUT2D eigenvalue weighted by atomic mass is 9.96. The van der Waals surface area contributed by atoms with Crippen LogP contribution in [0.1, 0.15) is 21.5 Å². The molecule has 0 amide bonds. The number of nitrogens with zero attached hydrogens (tertiary/aromatic N) is 2. The summed E-state index contributed by atoms with van der Waals surface area (Å²) >= 11 is 0. The van der Waals surface area contributed by atoms with Crippen LogP contribution in [0.2, 0.25) is 0 Å². The number of hydrogen-bond donors (Lipinski definition) is 1. The van der Waals surface area contributed by atoms with E-state index in [1.54, 1.807) is 17.9 Å². The number of aryl methyl sites for hydroxylation is 3. The Labute approximate surface area is 112 Å². The number of ether oxygens (including phenoxy) is 1. The molecule has 0 radical (unpaired) electrons. The van der Waals surface area contributed by atoms with Crippen LogP contribution in [0.4, 0.5) is 5.82 Å². The van der Waals surface area contributed by atoms with Gasteiger partial charge in [0.05, 0.1) is 18.9 Å². The van der Waals surface area contributed by atoms with Gasteiger partial charge < -0.3 is 10.5 Å². The number of nitrogens with two attached hydrogens (primary N) is 1. The minimum Gasteiger partial charge on any atom is -0.465 e. The number of hydrogen-bond acceptors (Lipinski definition) is 4. The van der Waals surface area contributed by atoms with Crippen molar-refractivity contribution in [1.82, 2.24) is 9.78 Å². The summed E-state index contributed by atoms with van der Waals surface area (Å²) in [4.78, 5) is 11.7. The molecule has 0 saturated heterocycles. The summed E-state index contributed by atoms with van der Waals surface area (Å²) in [6.45, 7) is 3.87. The highest BCUT2D eigenvalue weighted by Gasteiger charge is 2.16. The van der Waals surface area contributed by atoms with E-state index in [-0.39, 0.29) is 5.97 Å². The third-order valence-corrected chi connectivity index (χ3v) is 3.25. The monoisotopic (exact) mass is 259 g/mol. The lowest BCUT2D eigenvalue weighted by Gasteiger charge is -2.10. The molecule has 2 rings (SSSR count). The van der Waals surface area contributed by atoms with Gasteiger partial charge in [-0.3, -0.25) is 4.68 Å². The van der Waals surface area contributed by atoms with Crippen molar-refractivity contribution >= 4 is 11.8 Å². The van der Waals surface area contributed by atoms with Crippen molar-refractivity contribution in [3.8, 4) is 11.1 Å². The summed E-state index contributed by atoms with van der Waals surface area (Å²) in [7, 11) is 3.16. The van der Waals surface area contributed by atoms with E-state index in [0.29, 0.717) is 11.4 Å². The summed E-state index contributed by atoms with van der Waals surface area (Å²) in [5.74, 6) is 0.226. The first-order valence-corrected chi connectivity index (χ1v) is 5.93. The van der Waals surface area contributed by atoms with Gasteiger partial charge in [-0.15, -0.1) is 0 Å². The van der Waals surface area contributed by atoms with Gasteiger partial charge >= 0.3 is 5.97 Å². The SMILES string of the molecule is COC(=O)c1cc(-c2cnn(C)c2N)c(C)cc1C. The molecule has 1 aromatic carbocycles. The molecule has 1 heterocycles. The van der Waals surface area contributed by atoms with Crippen LogP contribution in [0, 0.1) is 13.8 Å². The average molecular weight is 259 g/mol. The summed E-state index contributed by atoms with van der Waals surface area (Å²) in [5, 5.41) is 4.13. The quantitative estimate of drug-likeness (QED) is 0.838. The molecule has 0 bridgehead atoms. The van der Waals surface area contributed by atoms with Gasteiger partial charge in [0.15, 0.2) is 0 Å². The van der Waals surface area contributed by atoms with Crippen molar-refractivity contribution in [2.75, 3.05) is 12.8 Å². The molecule has 5 nitrogen and oxygen atoms in total. The lowest BCUT2D eigenvalue weighted by Crippen LogP contribution is -2.05. The maximum atomic E-state index is 11.7. The molecule has 19 heavy (non-hydrogen) atoms. The Morgan fingerprint density at radius 2 is 1.95 bits per heavy atom. The van der Waals surface area contributed by atoms with Crippen molar-refractivity contribution < 1.29 is 9.53 Å². The van der Waals surface area contributed by atoms with Crippen LogP contribution in [0.5, 0.6) is 0 Å². The van der Waals surface area contributed by atoms with Gasteiger partial charge in [-0.1, -0.05) is 6.07 Å². The number of benzene rings is 1. The molecule has 0 unspecified atom stereocenters. The van der Waals surface area contributed by atoms with Crippen LogP contribution >= 0.6 is 0 Å². The Balaban J connectivity index is 2.64. The maximum Gasteiger partial charge on any atom is 0.338 e. The third kappa shape index (κ3) is 2.19. The van der Waals surface area contributed by atoms with Crippen LogP contribution in [0.25, 0.3) is 11.1 Å². The minimum atomic E-state index is -0.346. The first-order valence-electron chi connectivity index (χ1n) is 5.93. The zero-order valence-electron chi connectivity index (χ0n) is 11.5. The highest BCUT2D eigenvalue weighted by molar-refractivity contribution is 5.93. The third-order valence-electron chi connectivity index (χ3n) is 3.25. The standard InChI is InChI=1S/C14H17N3O2/c1-8-5-9(2)11(14(18)19-4)6-10(8)12-7-16-17(3)13(12)15/h5-7H,15H2,1-4H3. The average Bonchev–Trinajstić information content (AvgIpc) is 2.70. The maximum absolute atomic E-state index is 11.7. The van der Waals surface area contributed by atoms with E-state index < -0.39 is 0 Å². The molecular formula is C14H17N3O2. The second-order valence-electron chi connectivity index (χ2n) is 4.54. The molecular weight excluding hydrogens is 242 g/mol. The van der Waals surface area contributed by atoms with Crippen LogP contribution < -0.4 is 5.73 Å². The van der Waals surface area contributed by atoms with Crippen LogP contribution in [0.15, 0.2) is 18.3 Å². The van der Waals surface area contributed by atoms with E-state index in [9.17, 15) is 4.79 Å². The molecule has 5 heteroatoms. The first kappa shape index (κ1) is 13.1. The van der Waals surface area contributed by atoms with Gasteiger partial charge in [-0.05, 0) is 36.6 Å². The summed E-state index contributed by atoms with van der Waals surface area (Å²) in [6.07, 6.45) is 1.70. The van der Waals surface area contributed by atoms with E-state index in [4.69, 9.17) is 10.5 Å². The van der Waals surface area contributed by atoms with Gasteiger partial charge in [0.1, 0.15) is 5.82 Å². The van der Waals surface area contributed by atoms with Crippen molar-refractivity contribution in [2.24, 2.45) is 7.05 Å². The fourth-order valence-electron chi connectivity index (χ4n) is 2.13. The molecule has 0 saturated carbocycles. The highest BCUT2D eigenvalue weighted by atomic mass is 16.5. The van der Waals surface area contributed by atoms with Gasteiger partial charge in [0.2, 0.25) is 0 Å². The number of rotatable bonds is 2. The highest BCUT2D eigenvalue weighted by Crippen LogP contribution is 2.30. The number of esters is 1. The molecule has 0 atom stereocenters. The van der Waals surface area contributed by atoms with E-state index in [1.165, 1.54) is 7.11 Å². The number of carbonyl (C=O) groups excluding carboxylic acids is 1. The van der Waals surface area contributed by atoms with E-state index in [0.717, 1.165) is 22.3 Å². The Morgan fingerprint density at radius 1 is 1.26 bits per heavy atom. The van der Waals surface area contributed by atoms with Gasteiger partial charge in [-0.25, -0.2) is 4.79 Å². The molecule has 0 aliphatic rings. The number of anilines is 1. The van der Waals surface area contributed by atoms with E-state index in [2.05, 4.69) is 5.10 Å². The van der Waals surface area contributed by atoms with Gasteiger partial charge in [-0.2, -0.15) is 5.10 Å². The van der Waals surface area contributed by atoms with E-state index in [1.807, 2.05) is 26.0 Å². The smallest absolute Gasteiger partial charge is 0.338 e. The number of methoxy groups -OCH3 is 1. The predicted octanol–water partition coefficient (Wildman–Crippen LogP) is 2.07. The number of aromatic nitrogens is 2. The molecule has 2 N–H and O–H groups in total. The van der Waals surface area contributed by atoms with E-state index >= 15 is 0 Å². The lowest BCUT2D eigenvalue weighted by molar-refractivity contribution is 0.0600. The second-order valence-corrected chi connectivity index (χ2v) is 4.54.